The van der Waals surface area contributed by atoms with Gasteiger partial charge in [0.2, 0.25) is 0 Å². The van der Waals surface area contributed by atoms with Crippen LogP contribution in [0.5, 0.6) is 0 Å². The normalized spacial score (nSPS) is 11.7. The maximum Gasteiger partial charge on any atom is 0.256 e. The second kappa shape index (κ2) is 43.3. The molecule has 1 rings (SSSR count). The first-order valence-corrected chi connectivity index (χ1v) is 25.9. The van der Waals surface area contributed by atoms with E-state index >= 15 is 0 Å². The summed E-state index contributed by atoms with van der Waals surface area (Å²) in [7, 11) is 0. The van der Waals surface area contributed by atoms with Gasteiger partial charge in [0, 0.05) is 6.42 Å². The molecule has 1 aromatic heterocycles. The molecule has 0 atom stereocenters. The lowest BCUT2D eigenvalue weighted by molar-refractivity contribution is -0.704. The van der Waals surface area contributed by atoms with Crippen LogP contribution in [-0.2, 0) is 19.5 Å². The molecule has 1 aromatic rings. The molecule has 320 valence electrons. The molecule has 0 saturated heterocycles. The Morgan fingerprint density at radius 1 is 0.315 bits per heavy atom. The van der Waals surface area contributed by atoms with Crippen LogP contribution in [0.25, 0.3) is 0 Å². The minimum absolute atomic E-state index is 1.23. The Labute approximate surface area is 342 Å². The van der Waals surface area contributed by atoms with Gasteiger partial charge in [0.1, 0.15) is 12.4 Å². The summed E-state index contributed by atoms with van der Waals surface area (Å²) in [5.74, 6) is 1.63. The quantitative estimate of drug-likeness (QED) is 0.0463. The smallest absolute Gasteiger partial charge is 0.234 e. The summed E-state index contributed by atoms with van der Waals surface area (Å²) in [6.07, 6.45) is 68.3. The fourth-order valence-electron chi connectivity index (χ4n) is 8.80. The number of imidazole rings is 1. The summed E-state index contributed by atoms with van der Waals surface area (Å²) < 4.78 is 5.32. The van der Waals surface area contributed by atoms with E-state index in [9.17, 15) is 0 Å². The van der Waals surface area contributed by atoms with Crippen molar-refractivity contribution >= 4 is 0 Å². The zero-order valence-electron chi connectivity index (χ0n) is 38.1. The van der Waals surface area contributed by atoms with Gasteiger partial charge in [0.25, 0.3) is 5.82 Å². The second-order valence-electron chi connectivity index (χ2n) is 18.0. The van der Waals surface area contributed by atoms with Crippen molar-refractivity contribution in [3.05, 3.63) is 18.2 Å². The summed E-state index contributed by atoms with van der Waals surface area (Å²) >= 11 is 0. The highest BCUT2D eigenvalue weighted by atomic mass is 15.1. The second-order valence-corrected chi connectivity index (χ2v) is 18.0. The zero-order valence-corrected chi connectivity index (χ0v) is 38.1. The third-order valence-corrected chi connectivity index (χ3v) is 12.6. The van der Waals surface area contributed by atoms with Crippen LogP contribution in [0.4, 0.5) is 0 Å². The minimum Gasteiger partial charge on any atom is -0.234 e. The van der Waals surface area contributed by atoms with Gasteiger partial charge < -0.3 is 0 Å². The maximum absolute atomic E-state index is 2.66. The van der Waals surface area contributed by atoms with Crippen molar-refractivity contribution in [3.8, 4) is 0 Å². The molecule has 2 heteroatoms. The number of hydrogen-bond donors (Lipinski definition) is 0. The Kier molecular flexibility index (Phi) is 41.1. The lowest BCUT2D eigenvalue weighted by Crippen LogP contribution is -2.37. The topological polar surface area (TPSA) is 8.81 Å². The van der Waals surface area contributed by atoms with Crippen molar-refractivity contribution < 1.29 is 4.57 Å². The first-order valence-electron chi connectivity index (χ1n) is 25.9. The van der Waals surface area contributed by atoms with Crippen LogP contribution in [0.2, 0.25) is 0 Å². The van der Waals surface area contributed by atoms with Crippen molar-refractivity contribution in [2.45, 2.75) is 316 Å². The molecule has 0 radical (unpaired) electrons. The van der Waals surface area contributed by atoms with Gasteiger partial charge in [-0.05, 0) is 32.1 Å². The molecule has 0 spiro atoms. The van der Waals surface area contributed by atoms with Crippen LogP contribution in [0.15, 0.2) is 12.4 Å². The summed E-state index contributed by atoms with van der Waals surface area (Å²) in [5, 5.41) is 0. The molecule has 2 nitrogen and oxygen atoms in total. The van der Waals surface area contributed by atoms with E-state index in [1.807, 2.05) is 0 Å². The number of rotatable bonds is 46. The average molecular weight is 756 g/mol. The highest BCUT2D eigenvalue weighted by Gasteiger charge is 2.16. The van der Waals surface area contributed by atoms with Crippen molar-refractivity contribution in [2.75, 3.05) is 0 Å². The van der Waals surface area contributed by atoms with Crippen molar-refractivity contribution in [2.24, 2.45) is 0 Å². The van der Waals surface area contributed by atoms with E-state index in [1.165, 1.54) is 296 Å². The van der Waals surface area contributed by atoms with E-state index in [4.69, 9.17) is 0 Å². The van der Waals surface area contributed by atoms with E-state index < -0.39 is 0 Å². The summed E-state index contributed by atoms with van der Waals surface area (Å²) in [4.78, 5) is 0. The van der Waals surface area contributed by atoms with E-state index in [1.54, 1.807) is 5.82 Å². The minimum atomic E-state index is 1.23. The number of unbranched alkanes of at least 4 members (excludes halogenated alkanes) is 40. The maximum atomic E-state index is 2.66. The molecular formula is C52H103N2+. The Hall–Kier alpha value is -0.790. The zero-order chi connectivity index (χ0) is 38.7. The standard InChI is InChI=1S/C52H103N2/c1-4-7-10-13-16-19-22-25-26-27-28-31-34-37-40-43-46-49-54-51-50-53(48-45-42-39-36-33-30-24-21-18-15-12-9-6-3)52(54)47-44-41-38-35-32-29-23-20-17-14-11-8-5-2/h50-51H,4-49H2,1-3H3/q+1. The Morgan fingerprint density at radius 2 is 0.574 bits per heavy atom. The summed E-state index contributed by atoms with van der Waals surface area (Å²) in [6, 6.07) is 0. The van der Waals surface area contributed by atoms with E-state index in [0.29, 0.717) is 0 Å². The van der Waals surface area contributed by atoms with Crippen molar-refractivity contribution in [1.29, 1.82) is 0 Å². The van der Waals surface area contributed by atoms with Crippen LogP contribution in [0.3, 0.4) is 0 Å². The number of nitrogens with zero attached hydrogens (tertiary/aromatic N) is 2. The van der Waals surface area contributed by atoms with Gasteiger partial charge >= 0.3 is 0 Å². The van der Waals surface area contributed by atoms with Crippen LogP contribution < -0.4 is 4.57 Å². The molecule has 0 saturated carbocycles. The van der Waals surface area contributed by atoms with Crippen LogP contribution in [-0.4, -0.2) is 4.57 Å². The fraction of sp³-hybridized carbons (Fsp3) is 0.942. The highest BCUT2D eigenvalue weighted by Crippen LogP contribution is 2.17. The van der Waals surface area contributed by atoms with Crippen LogP contribution >= 0.6 is 0 Å². The first-order chi connectivity index (χ1) is 26.8. The highest BCUT2D eigenvalue weighted by molar-refractivity contribution is 4.84. The van der Waals surface area contributed by atoms with Crippen molar-refractivity contribution in [3.63, 3.8) is 0 Å². The molecule has 0 aliphatic carbocycles. The van der Waals surface area contributed by atoms with Gasteiger partial charge in [-0.15, -0.1) is 0 Å². The Balaban J connectivity index is 2.24. The molecule has 0 fully saturated rings. The number of hydrogen-bond acceptors (Lipinski definition) is 0. The van der Waals surface area contributed by atoms with Gasteiger partial charge in [-0.25, -0.2) is 9.13 Å². The molecule has 0 aromatic carbocycles. The van der Waals surface area contributed by atoms with Gasteiger partial charge in [-0.2, -0.15) is 0 Å². The molecule has 0 amide bonds. The molecule has 54 heavy (non-hydrogen) atoms. The molecule has 0 aliphatic rings. The average Bonchev–Trinajstić information content (AvgIpc) is 3.57. The van der Waals surface area contributed by atoms with E-state index in [2.05, 4.69) is 42.3 Å². The van der Waals surface area contributed by atoms with Gasteiger partial charge in [-0.1, -0.05) is 265 Å². The van der Waals surface area contributed by atoms with Crippen LogP contribution in [0.1, 0.15) is 303 Å². The Bertz CT molecular complexity index is 826. The van der Waals surface area contributed by atoms with Crippen LogP contribution in [0, 0.1) is 0 Å². The Morgan fingerprint density at radius 3 is 0.889 bits per heavy atom. The summed E-state index contributed by atoms with van der Waals surface area (Å²) in [6.45, 7) is 9.42. The summed E-state index contributed by atoms with van der Waals surface area (Å²) in [5.41, 5.74) is 0. The number of aryl methyl sites for hydroxylation is 2. The third-order valence-electron chi connectivity index (χ3n) is 12.6. The monoisotopic (exact) mass is 756 g/mol. The predicted octanol–water partition coefficient (Wildman–Crippen LogP) is 18.2. The lowest BCUT2D eigenvalue weighted by atomic mass is 10.0. The molecule has 0 unspecified atom stereocenters. The van der Waals surface area contributed by atoms with Gasteiger partial charge in [-0.3, -0.25) is 0 Å². The molecule has 0 bridgehead atoms. The van der Waals surface area contributed by atoms with E-state index in [0.717, 1.165) is 0 Å². The number of aromatic nitrogens is 2. The molecule has 0 aliphatic heterocycles. The van der Waals surface area contributed by atoms with Gasteiger partial charge in [0.05, 0.1) is 13.1 Å². The molecule has 1 heterocycles. The molecular weight excluding hydrogens is 653 g/mol. The fourth-order valence-corrected chi connectivity index (χ4v) is 8.80. The van der Waals surface area contributed by atoms with Crippen molar-refractivity contribution in [1.82, 2.24) is 4.57 Å². The largest absolute Gasteiger partial charge is 0.256 e. The first kappa shape index (κ1) is 51.2. The predicted molar refractivity (Wildman–Crippen MR) is 244 cm³/mol. The lowest BCUT2D eigenvalue weighted by Gasteiger charge is -2.07. The SMILES string of the molecule is CCCCCCCCCCCCCCCCCCCn1cc[n+](CCCCCCCCCCCCCCC)c1CCCCCCCCCCCCCCC. The van der Waals surface area contributed by atoms with E-state index in [-0.39, 0.29) is 0 Å². The molecule has 0 N–H and O–H groups in total. The van der Waals surface area contributed by atoms with Gasteiger partial charge in [0.15, 0.2) is 0 Å². The third kappa shape index (κ3) is 34.5.